The Morgan fingerprint density at radius 2 is 2.07 bits per heavy atom. The lowest BCUT2D eigenvalue weighted by molar-refractivity contribution is -0.120. The van der Waals surface area contributed by atoms with Crippen LogP contribution in [0.5, 0.6) is 11.5 Å². The average Bonchev–Trinajstić information content (AvgIpc) is 3.14. The summed E-state index contributed by atoms with van der Waals surface area (Å²) >= 11 is 0. The second-order valence-corrected chi connectivity index (χ2v) is 7.03. The smallest absolute Gasteiger partial charge is 0.210 e. The Morgan fingerprint density at radius 3 is 2.82 bits per heavy atom. The SMILES string of the molecule is CCOc1cc2c(cc1OC)CCN(C=O)[C@H]2CCc1cc2ccccc2o1. The van der Waals surface area contributed by atoms with Gasteiger partial charge >= 0.3 is 0 Å². The van der Waals surface area contributed by atoms with Crippen molar-refractivity contribution in [2.45, 2.75) is 32.2 Å². The standard InChI is InChI=1S/C23H25NO4/c1-3-27-23-14-19-16(13-22(23)26-2)10-11-24(15-25)20(19)9-8-18-12-17-6-4-5-7-21(17)28-18/h4-7,12-15,20H,3,8-11H2,1-2H3/t20-/m0/s1. The summed E-state index contributed by atoms with van der Waals surface area (Å²) in [4.78, 5) is 13.6. The summed E-state index contributed by atoms with van der Waals surface area (Å²) in [7, 11) is 1.66. The van der Waals surface area contributed by atoms with E-state index in [0.29, 0.717) is 13.2 Å². The van der Waals surface area contributed by atoms with Crippen molar-refractivity contribution in [2.75, 3.05) is 20.3 Å². The predicted molar refractivity (Wildman–Crippen MR) is 108 cm³/mol. The molecule has 1 atom stereocenters. The number of nitrogens with zero attached hydrogens (tertiary/aromatic N) is 1. The largest absolute Gasteiger partial charge is 0.493 e. The normalized spacial score (nSPS) is 16.1. The quantitative estimate of drug-likeness (QED) is 0.566. The number of carbonyl (C=O) groups excluding carboxylic acids is 1. The van der Waals surface area contributed by atoms with Gasteiger partial charge in [0, 0.05) is 18.4 Å². The number of carbonyl (C=O) groups is 1. The molecule has 1 aliphatic heterocycles. The lowest BCUT2D eigenvalue weighted by Crippen LogP contribution is -2.34. The van der Waals surface area contributed by atoms with E-state index in [1.807, 2.05) is 36.1 Å². The number of hydrogen-bond acceptors (Lipinski definition) is 4. The van der Waals surface area contributed by atoms with Gasteiger partial charge in [0.05, 0.1) is 19.8 Å². The molecule has 0 unspecified atom stereocenters. The maximum absolute atomic E-state index is 11.7. The third-order valence-corrected chi connectivity index (χ3v) is 5.40. The van der Waals surface area contributed by atoms with Gasteiger partial charge in [-0.15, -0.1) is 0 Å². The summed E-state index contributed by atoms with van der Waals surface area (Å²) in [5.41, 5.74) is 3.25. The van der Waals surface area contributed by atoms with E-state index in [2.05, 4.69) is 18.2 Å². The summed E-state index contributed by atoms with van der Waals surface area (Å²) < 4.78 is 17.2. The highest BCUT2D eigenvalue weighted by molar-refractivity contribution is 5.77. The molecular weight excluding hydrogens is 354 g/mol. The van der Waals surface area contributed by atoms with Crippen LogP contribution in [0.1, 0.15) is 36.3 Å². The van der Waals surface area contributed by atoms with E-state index in [4.69, 9.17) is 13.9 Å². The Labute approximate surface area is 164 Å². The second kappa shape index (κ2) is 7.97. The molecule has 0 radical (unpaired) electrons. The summed E-state index contributed by atoms with van der Waals surface area (Å²) in [6.07, 6.45) is 3.33. The van der Waals surface area contributed by atoms with Gasteiger partial charge in [-0.05, 0) is 55.2 Å². The van der Waals surface area contributed by atoms with Crippen LogP contribution in [0, 0.1) is 0 Å². The topological polar surface area (TPSA) is 51.9 Å². The van der Waals surface area contributed by atoms with E-state index in [9.17, 15) is 4.79 Å². The molecule has 0 fully saturated rings. The molecule has 2 aromatic carbocycles. The van der Waals surface area contributed by atoms with Crippen molar-refractivity contribution in [2.24, 2.45) is 0 Å². The first-order chi connectivity index (χ1) is 13.7. The fraction of sp³-hybridized carbons (Fsp3) is 0.348. The molecular formula is C23H25NO4. The van der Waals surface area contributed by atoms with Crippen LogP contribution in [0.3, 0.4) is 0 Å². The van der Waals surface area contributed by atoms with Crippen molar-refractivity contribution in [1.82, 2.24) is 4.90 Å². The van der Waals surface area contributed by atoms with Crippen LogP contribution in [0.2, 0.25) is 0 Å². The van der Waals surface area contributed by atoms with Gasteiger partial charge in [0.15, 0.2) is 11.5 Å². The number of methoxy groups -OCH3 is 1. The molecule has 0 spiro atoms. The lowest BCUT2D eigenvalue weighted by Gasteiger charge is -2.35. The molecule has 4 rings (SSSR count). The zero-order chi connectivity index (χ0) is 19.5. The molecule has 2 heterocycles. The van der Waals surface area contributed by atoms with E-state index >= 15 is 0 Å². The Bertz CT molecular complexity index is 945. The average molecular weight is 379 g/mol. The van der Waals surface area contributed by atoms with Crippen LogP contribution >= 0.6 is 0 Å². The van der Waals surface area contributed by atoms with Gasteiger partial charge in [-0.3, -0.25) is 4.79 Å². The molecule has 1 amide bonds. The van der Waals surface area contributed by atoms with Crippen LogP contribution in [0.25, 0.3) is 11.0 Å². The summed E-state index contributed by atoms with van der Waals surface area (Å²) in [6.45, 7) is 3.23. The summed E-state index contributed by atoms with van der Waals surface area (Å²) in [6, 6.07) is 14.2. The summed E-state index contributed by atoms with van der Waals surface area (Å²) in [5, 5.41) is 1.11. The highest BCUT2D eigenvalue weighted by atomic mass is 16.5. The fourth-order valence-corrected chi connectivity index (χ4v) is 4.04. The van der Waals surface area contributed by atoms with Crippen LogP contribution < -0.4 is 9.47 Å². The van der Waals surface area contributed by atoms with Crippen LogP contribution in [0.4, 0.5) is 0 Å². The Kier molecular flexibility index (Phi) is 5.24. The Hall–Kier alpha value is -2.95. The van der Waals surface area contributed by atoms with Gasteiger partial charge in [0.1, 0.15) is 11.3 Å². The van der Waals surface area contributed by atoms with E-state index in [1.54, 1.807) is 7.11 Å². The molecule has 0 saturated heterocycles. The molecule has 1 aromatic heterocycles. The monoisotopic (exact) mass is 379 g/mol. The van der Waals surface area contributed by atoms with Gasteiger partial charge in [-0.1, -0.05) is 18.2 Å². The summed E-state index contributed by atoms with van der Waals surface area (Å²) in [5.74, 6) is 2.42. The highest BCUT2D eigenvalue weighted by Crippen LogP contribution is 2.39. The van der Waals surface area contributed by atoms with Gasteiger partial charge in [-0.25, -0.2) is 0 Å². The predicted octanol–water partition coefficient (Wildman–Crippen LogP) is 4.53. The molecule has 0 bridgehead atoms. The first-order valence-corrected chi connectivity index (χ1v) is 9.75. The molecule has 0 aliphatic carbocycles. The number of aryl methyl sites for hydroxylation is 1. The maximum atomic E-state index is 11.7. The van der Waals surface area contributed by atoms with Crippen molar-refractivity contribution in [3.8, 4) is 11.5 Å². The van der Waals surface area contributed by atoms with E-state index in [0.717, 1.165) is 59.5 Å². The van der Waals surface area contributed by atoms with Gasteiger partial charge in [-0.2, -0.15) is 0 Å². The molecule has 1 aliphatic rings. The van der Waals surface area contributed by atoms with Crippen molar-refractivity contribution >= 4 is 17.4 Å². The number of hydrogen-bond donors (Lipinski definition) is 0. The zero-order valence-corrected chi connectivity index (χ0v) is 16.3. The second-order valence-electron chi connectivity index (χ2n) is 7.03. The number of ether oxygens (including phenoxy) is 2. The van der Waals surface area contributed by atoms with E-state index in [-0.39, 0.29) is 6.04 Å². The minimum atomic E-state index is -0.000394. The molecule has 5 heteroatoms. The molecule has 0 N–H and O–H groups in total. The van der Waals surface area contributed by atoms with Crippen molar-refractivity contribution in [3.05, 3.63) is 59.4 Å². The van der Waals surface area contributed by atoms with Gasteiger partial charge in [0.2, 0.25) is 6.41 Å². The number of amides is 1. The first-order valence-electron chi connectivity index (χ1n) is 9.75. The van der Waals surface area contributed by atoms with Crippen molar-refractivity contribution in [3.63, 3.8) is 0 Å². The molecule has 5 nitrogen and oxygen atoms in total. The maximum Gasteiger partial charge on any atom is 0.210 e. The minimum absolute atomic E-state index is 0.000394. The van der Waals surface area contributed by atoms with E-state index < -0.39 is 0 Å². The minimum Gasteiger partial charge on any atom is -0.493 e. The Morgan fingerprint density at radius 1 is 1.21 bits per heavy atom. The Balaban J connectivity index is 1.63. The highest BCUT2D eigenvalue weighted by Gasteiger charge is 2.28. The van der Waals surface area contributed by atoms with Crippen LogP contribution in [0.15, 0.2) is 46.9 Å². The third-order valence-electron chi connectivity index (χ3n) is 5.40. The van der Waals surface area contributed by atoms with Crippen LogP contribution in [-0.4, -0.2) is 31.6 Å². The first kappa shape index (κ1) is 18.4. The molecule has 28 heavy (non-hydrogen) atoms. The van der Waals surface area contributed by atoms with Crippen molar-refractivity contribution < 1.29 is 18.7 Å². The lowest BCUT2D eigenvalue weighted by atomic mass is 9.89. The third kappa shape index (κ3) is 3.44. The van der Waals surface area contributed by atoms with Crippen molar-refractivity contribution in [1.29, 1.82) is 0 Å². The zero-order valence-electron chi connectivity index (χ0n) is 16.3. The fourth-order valence-electron chi connectivity index (χ4n) is 4.04. The van der Waals surface area contributed by atoms with Gasteiger partial charge < -0.3 is 18.8 Å². The molecule has 3 aromatic rings. The molecule has 146 valence electrons. The number of benzene rings is 2. The number of para-hydroxylation sites is 1. The number of fused-ring (bicyclic) bond motifs is 2. The van der Waals surface area contributed by atoms with Crippen LogP contribution in [-0.2, 0) is 17.6 Å². The van der Waals surface area contributed by atoms with E-state index in [1.165, 1.54) is 5.56 Å². The van der Waals surface area contributed by atoms with Gasteiger partial charge in [0.25, 0.3) is 0 Å². The number of rotatable bonds is 7. The number of furan rings is 1. The molecule has 0 saturated carbocycles.